The number of hydrogen-bond acceptors (Lipinski definition) is 7. The first-order valence-electron chi connectivity index (χ1n) is 11.6. The van der Waals surface area contributed by atoms with E-state index < -0.39 is 0 Å². The van der Waals surface area contributed by atoms with Crippen LogP contribution < -0.4 is 14.2 Å². The molecule has 7 heteroatoms. The normalized spacial score (nSPS) is 18.8. The number of nitrogens with zero attached hydrogens (tertiary/aromatic N) is 3. The molecule has 0 spiro atoms. The summed E-state index contributed by atoms with van der Waals surface area (Å²) in [5.41, 5.74) is 2.35. The van der Waals surface area contributed by atoms with Crippen LogP contribution in [0.5, 0.6) is 17.2 Å². The lowest BCUT2D eigenvalue weighted by Crippen LogP contribution is -2.40. The van der Waals surface area contributed by atoms with Gasteiger partial charge in [-0.2, -0.15) is 0 Å². The Hall–Kier alpha value is -2.32. The molecule has 1 saturated heterocycles. The van der Waals surface area contributed by atoms with Gasteiger partial charge in [0.2, 0.25) is 0 Å². The Morgan fingerprint density at radius 1 is 0.939 bits per heavy atom. The van der Waals surface area contributed by atoms with Crippen LogP contribution in [-0.4, -0.2) is 93.6 Å². The molecule has 0 bridgehead atoms. The number of aliphatic hydroxyl groups excluding tert-OH is 1. The highest BCUT2D eigenvalue weighted by Crippen LogP contribution is 2.29. The van der Waals surface area contributed by atoms with E-state index in [1.165, 1.54) is 5.56 Å². The van der Waals surface area contributed by atoms with Gasteiger partial charge in [-0.15, -0.1) is 0 Å². The summed E-state index contributed by atoms with van der Waals surface area (Å²) in [5.74, 6) is 2.39. The van der Waals surface area contributed by atoms with Crippen molar-refractivity contribution in [3.8, 4) is 17.2 Å². The molecule has 2 atom stereocenters. The van der Waals surface area contributed by atoms with E-state index in [-0.39, 0.29) is 12.1 Å². The Morgan fingerprint density at radius 3 is 2.33 bits per heavy atom. The standard InChI is InChI=1S/C26H39N3O4/c1-27(2)13-6-14-33-25-12-9-21(15-26(25)32-5)17-29-18-23(24(30)19-29)28(3)16-20-7-10-22(31-4)11-8-20/h7-12,15,23-24,30H,6,13-14,16-19H2,1-5H3/t23-,24-/m0/s1. The predicted molar refractivity (Wildman–Crippen MR) is 131 cm³/mol. The summed E-state index contributed by atoms with van der Waals surface area (Å²) < 4.78 is 16.7. The average molecular weight is 458 g/mol. The Labute approximate surface area is 198 Å². The molecule has 1 aliphatic heterocycles. The third kappa shape index (κ3) is 7.33. The average Bonchev–Trinajstić information content (AvgIpc) is 3.17. The van der Waals surface area contributed by atoms with Crippen LogP contribution in [0.4, 0.5) is 0 Å². The van der Waals surface area contributed by atoms with Crippen LogP contribution in [0.15, 0.2) is 42.5 Å². The van der Waals surface area contributed by atoms with Gasteiger partial charge >= 0.3 is 0 Å². The third-order valence-electron chi connectivity index (χ3n) is 6.13. The smallest absolute Gasteiger partial charge is 0.161 e. The van der Waals surface area contributed by atoms with Gasteiger partial charge < -0.3 is 24.2 Å². The fourth-order valence-corrected chi connectivity index (χ4v) is 4.30. The van der Waals surface area contributed by atoms with Crippen LogP contribution in [0.2, 0.25) is 0 Å². The number of methoxy groups -OCH3 is 2. The molecule has 0 aromatic heterocycles. The molecule has 182 valence electrons. The minimum absolute atomic E-state index is 0.0910. The van der Waals surface area contributed by atoms with Gasteiger partial charge in [0, 0.05) is 38.8 Å². The molecule has 0 unspecified atom stereocenters. The second-order valence-electron chi connectivity index (χ2n) is 9.08. The molecule has 2 aromatic rings. The second-order valence-corrected chi connectivity index (χ2v) is 9.08. The fraction of sp³-hybridized carbons (Fsp3) is 0.538. The zero-order valence-corrected chi connectivity index (χ0v) is 20.7. The van der Waals surface area contributed by atoms with Crippen molar-refractivity contribution in [1.29, 1.82) is 0 Å². The van der Waals surface area contributed by atoms with Crippen molar-refractivity contribution in [3.05, 3.63) is 53.6 Å². The van der Waals surface area contributed by atoms with Gasteiger partial charge in [0.15, 0.2) is 11.5 Å². The Morgan fingerprint density at radius 2 is 1.67 bits per heavy atom. The van der Waals surface area contributed by atoms with E-state index in [9.17, 15) is 5.11 Å². The minimum atomic E-state index is -0.380. The molecule has 3 rings (SSSR count). The van der Waals surface area contributed by atoms with Gasteiger partial charge in [-0.05, 0) is 63.0 Å². The highest BCUT2D eigenvalue weighted by molar-refractivity contribution is 5.43. The molecule has 0 radical (unpaired) electrons. The number of ether oxygens (including phenoxy) is 3. The molecule has 1 aliphatic rings. The first-order chi connectivity index (χ1) is 15.9. The first kappa shape index (κ1) is 25.3. The Bertz CT molecular complexity index is 859. The van der Waals surface area contributed by atoms with Gasteiger partial charge in [0.1, 0.15) is 5.75 Å². The van der Waals surface area contributed by atoms with Crippen LogP contribution in [0.1, 0.15) is 17.5 Å². The van der Waals surface area contributed by atoms with Crippen molar-refractivity contribution < 1.29 is 19.3 Å². The molecule has 33 heavy (non-hydrogen) atoms. The number of β-amino-alcohol motifs (C(OH)–C–C–N with tert-alkyl or cyclic N) is 1. The molecule has 0 amide bonds. The molecule has 1 fully saturated rings. The molecular weight excluding hydrogens is 418 g/mol. The summed E-state index contributed by atoms with van der Waals surface area (Å²) in [5, 5.41) is 10.7. The number of benzene rings is 2. The largest absolute Gasteiger partial charge is 0.497 e. The third-order valence-corrected chi connectivity index (χ3v) is 6.13. The summed E-state index contributed by atoms with van der Waals surface area (Å²) in [6.45, 7) is 4.68. The number of likely N-dealkylation sites (N-methyl/N-ethyl adjacent to an activating group) is 1. The molecule has 0 aliphatic carbocycles. The minimum Gasteiger partial charge on any atom is -0.497 e. The van der Waals surface area contributed by atoms with Gasteiger partial charge in [0.25, 0.3) is 0 Å². The summed E-state index contributed by atoms with van der Waals surface area (Å²) in [4.78, 5) is 6.68. The molecule has 1 heterocycles. The molecule has 1 N–H and O–H groups in total. The van der Waals surface area contributed by atoms with E-state index in [0.29, 0.717) is 13.2 Å². The quantitative estimate of drug-likeness (QED) is 0.492. The molecule has 7 nitrogen and oxygen atoms in total. The predicted octanol–water partition coefficient (Wildman–Crippen LogP) is 2.71. The lowest BCUT2D eigenvalue weighted by atomic mass is 10.1. The maximum absolute atomic E-state index is 10.7. The van der Waals surface area contributed by atoms with Crippen LogP contribution in [0, 0.1) is 0 Å². The Kier molecular flexibility index (Phi) is 9.38. The number of likely N-dealkylation sites (tertiary alicyclic amines) is 1. The lowest BCUT2D eigenvalue weighted by molar-refractivity contribution is 0.0949. The van der Waals surface area contributed by atoms with Gasteiger partial charge in [-0.1, -0.05) is 18.2 Å². The van der Waals surface area contributed by atoms with Gasteiger partial charge in [-0.25, -0.2) is 0 Å². The van der Waals surface area contributed by atoms with Crippen molar-refractivity contribution in [1.82, 2.24) is 14.7 Å². The zero-order chi connectivity index (χ0) is 23.8. The molecule has 2 aromatic carbocycles. The van der Waals surface area contributed by atoms with E-state index in [1.54, 1.807) is 14.2 Å². The maximum atomic E-state index is 10.7. The van der Waals surface area contributed by atoms with E-state index in [1.807, 2.05) is 24.3 Å². The van der Waals surface area contributed by atoms with Crippen LogP contribution >= 0.6 is 0 Å². The van der Waals surface area contributed by atoms with Crippen molar-refractivity contribution in [3.63, 3.8) is 0 Å². The fourth-order valence-electron chi connectivity index (χ4n) is 4.30. The monoisotopic (exact) mass is 457 g/mol. The summed E-state index contributed by atoms with van der Waals surface area (Å²) >= 11 is 0. The maximum Gasteiger partial charge on any atom is 0.161 e. The van der Waals surface area contributed by atoms with Gasteiger partial charge in [0.05, 0.1) is 26.9 Å². The molecule has 0 saturated carbocycles. The lowest BCUT2D eigenvalue weighted by Gasteiger charge is -2.26. The second kappa shape index (κ2) is 12.2. The molecular formula is C26H39N3O4. The van der Waals surface area contributed by atoms with E-state index in [0.717, 1.165) is 55.4 Å². The van der Waals surface area contributed by atoms with Crippen molar-refractivity contribution in [2.24, 2.45) is 0 Å². The van der Waals surface area contributed by atoms with E-state index in [2.05, 4.69) is 54.0 Å². The summed E-state index contributed by atoms with van der Waals surface area (Å²) in [6.07, 6.45) is 0.587. The van der Waals surface area contributed by atoms with Crippen molar-refractivity contribution in [2.45, 2.75) is 31.7 Å². The number of aliphatic hydroxyl groups is 1. The summed E-state index contributed by atoms with van der Waals surface area (Å²) in [7, 11) is 9.55. The van der Waals surface area contributed by atoms with Crippen LogP contribution in [0.3, 0.4) is 0 Å². The van der Waals surface area contributed by atoms with E-state index >= 15 is 0 Å². The zero-order valence-electron chi connectivity index (χ0n) is 20.7. The van der Waals surface area contributed by atoms with Gasteiger partial charge in [-0.3, -0.25) is 9.80 Å². The van der Waals surface area contributed by atoms with Crippen LogP contribution in [0.25, 0.3) is 0 Å². The van der Waals surface area contributed by atoms with Crippen LogP contribution in [-0.2, 0) is 13.1 Å². The first-order valence-corrected chi connectivity index (χ1v) is 11.6. The highest BCUT2D eigenvalue weighted by Gasteiger charge is 2.34. The summed E-state index contributed by atoms with van der Waals surface area (Å²) in [6, 6.07) is 14.3. The number of rotatable bonds is 12. The SMILES string of the molecule is COc1ccc(CN(C)[C@H]2CN(Cc3ccc(OCCCN(C)C)c(OC)c3)C[C@@H]2O)cc1. The Balaban J connectivity index is 1.54. The topological polar surface area (TPSA) is 57.6 Å². The number of hydrogen-bond donors (Lipinski definition) is 1. The van der Waals surface area contributed by atoms with E-state index in [4.69, 9.17) is 14.2 Å². The van der Waals surface area contributed by atoms with Crippen molar-refractivity contribution >= 4 is 0 Å². The highest BCUT2D eigenvalue weighted by atomic mass is 16.5. The van der Waals surface area contributed by atoms with Crippen molar-refractivity contribution in [2.75, 3.05) is 61.6 Å².